The predicted octanol–water partition coefficient (Wildman–Crippen LogP) is 3.38. The number of carbonyl (C=O) groups excluding carboxylic acids is 1. The summed E-state index contributed by atoms with van der Waals surface area (Å²) < 4.78 is 5.60. The van der Waals surface area contributed by atoms with Gasteiger partial charge in [-0.25, -0.2) is 0 Å². The molecule has 0 heterocycles. The van der Waals surface area contributed by atoms with Gasteiger partial charge >= 0.3 is 0 Å². The summed E-state index contributed by atoms with van der Waals surface area (Å²) >= 11 is 0. The van der Waals surface area contributed by atoms with Crippen LogP contribution in [-0.4, -0.2) is 12.4 Å². The number of Topliss-reactive ketones (excluding diaryl/α,β-unsaturated/α-hetero) is 1. The molecule has 15 heavy (non-hydrogen) atoms. The molecule has 82 valence electrons. The molecule has 0 unspecified atom stereocenters. The second-order valence-corrected chi connectivity index (χ2v) is 3.74. The highest BCUT2D eigenvalue weighted by atomic mass is 16.5. The van der Waals surface area contributed by atoms with E-state index in [0.717, 1.165) is 36.3 Å². The fraction of sp³-hybridized carbons (Fsp3) is 0.462. The molecule has 0 aromatic heterocycles. The van der Waals surface area contributed by atoms with Crippen LogP contribution in [0.2, 0.25) is 0 Å². The molecule has 2 nitrogen and oxygen atoms in total. The van der Waals surface area contributed by atoms with Gasteiger partial charge in [0.1, 0.15) is 5.75 Å². The minimum Gasteiger partial charge on any atom is -0.493 e. The number of benzene rings is 1. The number of hydrogen-bond donors (Lipinski definition) is 0. The van der Waals surface area contributed by atoms with Gasteiger partial charge in [0.15, 0.2) is 5.78 Å². The topological polar surface area (TPSA) is 26.3 Å². The molecule has 0 amide bonds. The molecule has 1 aromatic rings. The molecule has 0 fully saturated rings. The molecule has 0 aliphatic heterocycles. The van der Waals surface area contributed by atoms with Crippen molar-refractivity contribution in [2.24, 2.45) is 0 Å². The fourth-order valence-corrected chi connectivity index (χ4v) is 1.36. The van der Waals surface area contributed by atoms with E-state index in [-0.39, 0.29) is 5.78 Å². The van der Waals surface area contributed by atoms with Crippen molar-refractivity contribution in [2.45, 2.75) is 33.6 Å². The van der Waals surface area contributed by atoms with Crippen molar-refractivity contribution >= 4 is 5.78 Å². The van der Waals surface area contributed by atoms with Crippen LogP contribution in [0, 0.1) is 6.92 Å². The Kier molecular flexibility index (Phi) is 4.35. The van der Waals surface area contributed by atoms with E-state index in [1.807, 2.05) is 25.1 Å². The highest BCUT2D eigenvalue weighted by Gasteiger charge is 2.03. The van der Waals surface area contributed by atoms with Gasteiger partial charge in [-0.15, -0.1) is 0 Å². The van der Waals surface area contributed by atoms with Crippen molar-refractivity contribution in [3.8, 4) is 5.75 Å². The fourth-order valence-electron chi connectivity index (χ4n) is 1.36. The number of rotatable bonds is 5. The molecule has 0 radical (unpaired) electrons. The van der Waals surface area contributed by atoms with Crippen LogP contribution in [0.4, 0.5) is 0 Å². The third-order valence-corrected chi connectivity index (χ3v) is 2.34. The van der Waals surface area contributed by atoms with Crippen LogP contribution in [0.25, 0.3) is 0 Å². The SMILES string of the molecule is CCCCOc1ccc(C(C)=O)cc1C. The first-order valence-corrected chi connectivity index (χ1v) is 5.39. The van der Waals surface area contributed by atoms with Crippen LogP contribution in [0.3, 0.4) is 0 Å². The molecule has 1 rings (SSSR count). The Morgan fingerprint density at radius 2 is 2.13 bits per heavy atom. The molecular weight excluding hydrogens is 188 g/mol. The van der Waals surface area contributed by atoms with Crippen LogP contribution < -0.4 is 4.74 Å². The normalized spacial score (nSPS) is 10.1. The van der Waals surface area contributed by atoms with Gasteiger partial charge in [-0.05, 0) is 44.0 Å². The average Bonchev–Trinajstić information content (AvgIpc) is 2.20. The summed E-state index contributed by atoms with van der Waals surface area (Å²) in [5, 5.41) is 0. The third kappa shape index (κ3) is 3.39. The maximum atomic E-state index is 11.1. The van der Waals surface area contributed by atoms with E-state index in [4.69, 9.17) is 4.74 Å². The summed E-state index contributed by atoms with van der Waals surface area (Å²) in [6.07, 6.45) is 2.19. The first-order valence-electron chi connectivity index (χ1n) is 5.39. The summed E-state index contributed by atoms with van der Waals surface area (Å²) in [6.45, 7) is 6.42. The van der Waals surface area contributed by atoms with Gasteiger partial charge in [0.25, 0.3) is 0 Å². The Morgan fingerprint density at radius 1 is 1.40 bits per heavy atom. The lowest BCUT2D eigenvalue weighted by atomic mass is 10.1. The van der Waals surface area contributed by atoms with E-state index in [1.165, 1.54) is 0 Å². The number of ketones is 1. The second kappa shape index (κ2) is 5.54. The average molecular weight is 206 g/mol. The molecule has 0 atom stereocenters. The lowest BCUT2D eigenvalue weighted by Crippen LogP contribution is -2.00. The number of hydrogen-bond acceptors (Lipinski definition) is 2. The molecular formula is C13H18O2. The van der Waals surface area contributed by atoms with Gasteiger partial charge in [0, 0.05) is 5.56 Å². The van der Waals surface area contributed by atoms with Crippen LogP contribution in [0.1, 0.15) is 42.6 Å². The van der Waals surface area contributed by atoms with Gasteiger partial charge < -0.3 is 4.74 Å². The van der Waals surface area contributed by atoms with Crippen LogP contribution >= 0.6 is 0 Å². The molecule has 0 N–H and O–H groups in total. The Balaban J connectivity index is 2.70. The zero-order valence-corrected chi connectivity index (χ0v) is 9.67. The lowest BCUT2D eigenvalue weighted by Gasteiger charge is -2.09. The highest BCUT2D eigenvalue weighted by molar-refractivity contribution is 5.94. The zero-order chi connectivity index (χ0) is 11.3. The smallest absolute Gasteiger partial charge is 0.159 e. The van der Waals surface area contributed by atoms with Gasteiger partial charge in [-0.1, -0.05) is 13.3 Å². The lowest BCUT2D eigenvalue weighted by molar-refractivity contribution is 0.101. The molecule has 0 saturated carbocycles. The molecule has 1 aromatic carbocycles. The molecule has 0 aliphatic rings. The largest absolute Gasteiger partial charge is 0.493 e. The summed E-state index contributed by atoms with van der Waals surface area (Å²) in [6, 6.07) is 5.57. The van der Waals surface area contributed by atoms with Gasteiger partial charge in [-0.2, -0.15) is 0 Å². The van der Waals surface area contributed by atoms with Crippen LogP contribution in [0.5, 0.6) is 5.75 Å². The van der Waals surface area contributed by atoms with E-state index in [2.05, 4.69) is 6.92 Å². The van der Waals surface area contributed by atoms with Crippen molar-refractivity contribution < 1.29 is 9.53 Å². The number of unbranched alkanes of at least 4 members (excludes halogenated alkanes) is 1. The number of aryl methyl sites for hydroxylation is 1. The molecule has 2 heteroatoms. The van der Waals surface area contributed by atoms with E-state index in [0.29, 0.717) is 0 Å². The Labute approximate surface area is 91.3 Å². The molecule has 0 bridgehead atoms. The van der Waals surface area contributed by atoms with Gasteiger partial charge in [0.05, 0.1) is 6.61 Å². The van der Waals surface area contributed by atoms with Crippen molar-refractivity contribution in [3.63, 3.8) is 0 Å². The van der Waals surface area contributed by atoms with E-state index >= 15 is 0 Å². The van der Waals surface area contributed by atoms with E-state index in [9.17, 15) is 4.79 Å². The summed E-state index contributed by atoms with van der Waals surface area (Å²) in [4.78, 5) is 11.1. The van der Waals surface area contributed by atoms with E-state index in [1.54, 1.807) is 6.92 Å². The van der Waals surface area contributed by atoms with E-state index < -0.39 is 0 Å². The van der Waals surface area contributed by atoms with Gasteiger partial charge in [-0.3, -0.25) is 4.79 Å². The molecule has 0 saturated heterocycles. The van der Waals surface area contributed by atoms with Crippen molar-refractivity contribution in [1.29, 1.82) is 0 Å². The Bertz CT molecular complexity index is 342. The minimum atomic E-state index is 0.0956. The molecule has 0 aliphatic carbocycles. The third-order valence-electron chi connectivity index (χ3n) is 2.34. The quantitative estimate of drug-likeness (QED) is 0.545. The van der Waals surface area contributed by atoms with Crippen molar-refractivity contribution in [1.82, 2.24) is 0 Å². The first kappa shape index (κ1) is 11.8. The summed E-state index contributed by atoms with van der Waals surface area (Å²) in [5.74, 6) is 0.978. The van der Waals surface area contributed by atoms with Crippen molar-refractivity contribution in [3.05, 3.63) is 29.3 Å². The Hall–Kier alpha value is -1.31. The van der Waals surface area contributed by atoms with Gasteiger partial charge in [0.2, 0.25) is 0 Å². The first-order chi connectivity index (χ1) is 7.15. The summed E-state index contributed by atoms with van der Waals surface area (Å²) in [5.41, 5.74) is 1.77. The number of carbonyl (C=O) groups is 1. The monoisotopic (exact) mass is 206 g/mol. The predicted molar refractivity (Wildman–Crippen MR) is 61.6 cm³/mol. The maximum absolute atomic E-state index is 11.1. The highest BCUT2D eigenvalue weighted by Crippen LogP contribution is 2.19. The summed E-state index contributed by atoms with van der Waals surface area (Å²) in [7, 11) is 0. The van der Waals surface area contributed by atoms with Crippen LogP contribution in [-0.2, 0) is 0 Å². The zero-order valence-electron chi connectivity index (χ0n) is 9.67. The van der Waals surface area contributed by atoms with Crippen molar-refractivity contribution in [2.75, 3.05) is 6.61 Å². The molecule has 0 spiro atoms. The Morgan fingerprint density at radius 3 is 2.67 bits per heavy atom. The number of ether oxygens (including phenoxy) is 1. The standard InChI is InChI=1S/C13H18O2/c1-4-5-8-15-13-7-6-12(11(3)14)9-10(13)2/h6-7,9H,4-5,8H2,1-3H3. The minimum absolute atomic E-state index is 0.0956. The maximum Gasteiger partial charge on any atom is 0.159 e. The second-order valence-electron chi connectivity index (χ2n) is 3.74. The van der Waals surface area contributed by atoms with Crippen LogP contribution in [0.15, 0.2) is 18.2 Å².